The predicted octanol–water partition coefficient (Wildman–Crippen LogP) is 3.39. The van der Waals surface area contributed by atoms with E-state index in [4.69, 9.17) is 4.42 Å². The van der Waals surface area contributed by atoms with Crippen LogP contribution in [0.25, 0.3) is 0 Å². The third-order valence-corrected chi connectivity index (χ3v) is 3.94. The summed E-state index contributed by atoms with van der Waals surface area (Å²) in [6.07, 6.45) is 8.63. The van der Waals surface area contributed by atoms with Crippen molar-refractivity contribution in [2.45, 2.75) is 57.9 Å². The summed E-state index contributed by atoms with van der Waals surface area (Å²) in [5.41, 5.74) is 0. The van der Waals surface area contributed by atoms with Crippen LogP contribution in [0.15, 0.2) is 22.8 Å². The lowest BCUT2D eigenvalue weighted by atomic mass is 9.85. The molecule has 0 bridgehead atoms. The average Bonchev–Trinajstić information content (AvgIpc) is 2.92. The molecular formula is C16H23NO3. The smallest absolute Gasteiger partial charge is 0.217 e. The van der Waals surface area contributed by atoms with E-state index in [2.05, 4.69) is 5.32 Å². The molecule has 4 nitrogen and oxygen atoms in total. The SMILES string of the molecule is CC(=O)N[C@H](CC(=O)CC1CCCCC1)c1ccco1. The molecule has 20 heavy (non-hydrogen) atoms. The van der Waals surface area contributed by atoms with Crippen LogP contribution in [-0.4, -0.2) is 11.7 Å². The first-order chi connectivity index (χ1) is 9.65. The molecule has 0 radical (unpaired) electrons. The van der Waals surface area contributed by atoms with Crippen molar-refractivity contribution in [2.75, 3.05) is 0 Å². The molecule has 1 atom stereocenters. The summed E-state index contributed by atoms with van der Waals surface area (Å²) in [5, 5.41) is 2.80. The Bertz CT molecular complexity index is 433. The summed E-state index contributed by atoms with van der Waals surface area (Å²) in [5.74, 6) is 1.26. The van der Waals surface area contributed by atoms with Gasteiger partial charge in [-0.05, 0) is 18.1 Å². The lowest BCUT2D eigenvalue weighted by Crippen LogP contribution is -2.28. The van der Waals surface area contributed by atoms with Gasteiger partial charge in [-0.2, -0.15) is 0 Å². The molecule has 2 rings (SSSR count). The largest absolute Gasteiger partial charge is 0.467 e. The van der Waals surface area contributed by atoms with Crippen LogP contribution >= 0.6 is 0 Å². The highest BCUT2D eigenvalue weighted by atomic mass is 16.3. The lowest BCUT2D eigenvalue weighted by molar-refractivity contribution is -0.122. The van der Waals surface area contributed by atoms with E-state index in [0.29, 0.717) is 24.5 Å². The summed E-state index contributed by atoms with van der Waals surface area (Å²) in [7, 11) is 0. The highest BCUT2D eigenvalue weighted by Crippen LogP contribution is 2.28. The Labute approximate surface area is 119 Å². The van der Waals surface area contributed by atoms with Gasteiger partial charge in [0.15, 0.2) is 0 Å². The maximum absolute atomic E-state index is 12.2. The van der Waals surface area contributed by atoms with Gasteiger partial charge >= 0.3 is 0 Å². The molecule has 1 aliphatic carbocycles. The van der Waals surface area contributed by atoms with Crippen molar-refractivity contribution in [3.63, 3.8) is 0 Å². The molecule has 1 heterocycles. The van der Waals surface area contributed by atoms with Crippen molar-refractivity contribution in [1.82, 2.24) is 5.32 Å². The molecule has 0 spiro atoms. The fourth-order valence-electron chi connectivity index (χ4n) is 2.98. The van der Waals surface area contributed by atoms with Crippen LogP contribution in [0.1, 0.15) is 63.7 Å². The summed E-state index contributed by atoms with van der Waals surface area (Å²) in [4.78, 5) is 23.5. The Morgan fingerprint density at radius 3 is 2.70 bits per heavy atom. The van der Waals surface area contributed by atoms with Crippen LogP contribution in [0.5, 0.6) is 0 Å². The molecule has 1 aromatic rings. The van der Waals surface area contributed by atoms with Crippen LogP contribution in [0.2, 0.25) is 0 Å². The number of rotatable bonds is 6. The van der Waals surface area contributed by atoms with Gasteiger partial charge in [-0.1, -0.05) is 32.1 Å². The Morgan fingerprint density at radius 2 is 2.10 bits per heavy atom. The van der Waals surface area contributed by atoms with Crippen molar-refractivity contribution < 1.29 is 14.0 Å². The molecule has 0 unspecified atom stereocenters. The number of hydrogen-bond acceptors (Lipinski definition) is 3. The fourth-order valence-corrected chi connectivity index (χ4v) is 2.98. The number of carbonyl (C=O) groups excluding carboxylic acids is 2. The summed E-state index contributed by atoms with van der Waals surface area (Å²) in [6, 6.07) is 3.24. The van der Waals surface area contributed by atoms with Gasteiger partial charge in [0.25, 0.3) is 0 Å². The minimum atomic E-state index is -0.335. The molecule has 1 aromatic heterocycles. The van der Waals surface area contributed by atoms with E-state index in [9.17, 15) is 9.59 Å². The van der Waals surface area contributed by atoms with Crippen LogP contribution in [0.4, 0.5) is 0 Å². The number of Topliss-reactive ketones (excluding diaryl/α,β-unsaturated/α-hetero) is 1. The van der Waals surface area contributed by atoms with Gasteiger partial charge in [0.05, 0.1) is 12.3 Å². The van der Waals surface area contributed by atoms with Crippen LogP contribution in [0.3, 0.4) is 0 Å². The molecule has 1 N–H and O–H groups in total. The Morgan fingerprint density at radius 1 is 1.35 bits per heavy atom. The molecule has 1 saturated carbocycles. The van der Waals surface area contributed by atoms with E-state index in [-0.39, 0.29) is 17.7 Å². The van der Waals surface area contributed by atoms with Crippen LogP contribution in [-0.2, 0) is 9.59 Å². The zero-order valence-corrected chi connectivity index (χ0v) is 12.1. The maximum Gasteiger partial charge on any atom is 0.217 e. The first-order valence-corrected chi connectivity index (χ1v) is 7.47. The summed E-state index contributed by atoms with van der Waals surface area (Å²) >= 11 is 0. The highest BCUT2D eigenvalue weighted by Gasteiger charge is 2.22. The normalized spacial score (nSPS) is 17.6. The fraction of sp³-hybridized carbons (Fsp3) is 0.625. The van der Waals surface area contributed by atoms with Gasteiger partial charge < -0.3 is 9.73 Å². The summed E-state index contributed by atoms with van der Waals surface area (Å²) in [6.45, 7) is 1.46. The number of carbonyl (C=O) groups is 2. The first-order valence-electron chi connectivity index (χ1n) is 7.47. The molecule has 1 aliphatic rings. The third kappa shape index (κ3) is 4.51. The van der Waals surface area contributed by atoms with Crippen molar-refractivity contribution in [1.29, 1.82) is 0 Å². The minimum Gasteiger partial charge on any atom is -0.467 e. The van der Waals surface area contributed by atoms with Crippen LogP contribution < -0.4 is 5.32 Å². The molecule has 110 valence electrons. The Balaban J connectivity index is 1.89. The van der Waals surface area contributed by atoms with E-state index in [1.807, 2.05) is 0 Å². The van der Waals surface area contributed by atoms with E-state index in [0.717, 1.165) is 12.8 Å². The number of amides is 1. The predicted molar refractivity (Wildman–Crippen MR) is 76.1 cm³/mol. The quantitative estimate of drug-likeness (QED) is 0.867. The lowest BCUT2D eigenvalue weighted by Gasteiger charge is -2.22. The zero-order chi connectivity index (χ0) is 14.4. The number of ketones is 1. The molecular weight excluding hydrogens is 254 g/mol. The van der Waals surface area contributed by atoms with Crippen molar-refractivity contribution >= 4 is 11.7 Å². The standard InChI is InChI=1S/C16H23NO3/c1-12(18)17-15(16-8-5-9-20-16)11-14(19)10-13-6-3-2-4-7-13/h5,8-9,13,15H,2-4,6-7,10-11H2,1H3,(H,17,18)/t15-/m1/s1. The van der Waals surface area contributed by atoms with Crippen molar-refractivity contribution in [2.24, 2.45) is 5.92 Å². The molecule has 0 aliphatic heterocycles. The summed E-state index contributed by atoms with van der Waals surface area (Å²) < 4.78 is 5.32. The molecule has 1 fully saturated rings. The monoisotopic (exact) mass is 277 g/mol. The molecule has 0 aromatic carbocycles. The highest BCUT2D eigenvalue weighted by molar-refractivity contribution is 5.80. The minimum absolute atomic E-state index is 0.142. The van der Waals surface area contributed by atoms with E-state index in [1.54, 1.807) is 18.4 Å². The molecule has 4 heteroatoms. The second kappa shape index (κ2) is 7.27. The second-order valence-electron chi connectivity index (χ2n) is 5.72. The zero-order valence-electron chi connectivity index (χ0n) is 12.1. The maximum atomic E-state index is 12.2. The molecule has 1 amide bonds. The molecule has 0 saturated heterocycles. The third-order valence-electron chi connectivity index (χ3n) is 3.94. The van der Waals surface area contributed by atoms with Crippen molar-refractivity contribution in [3.05, 3.63) is 24.2 Å². The van der Waals surface area contributed by atoms with E-state index in [1.165, 1.54) is 26.2 Å². The van der Waals surface area contributed by atoms with Crippen molar-refractivity contribution in [3.8, 4) is 0 Å². The van der Waals surface area contributed by atoms with Gasteiger partial charge in [0.2, 0.25) is 5.91 Å². The topological polar surface area (TPSA) is 59.3 Å². The number of furan rings is 1. The Hall–Kier alpha value is -1.58. The van der Waals surface area contributed by atoms with Gasteiger partial charge in [-0.15, -0.1) is 0 Å². The number of hydrogen-bond donors (Lipinski definition) is 1. The number of nitrogens with one attached hydrogen (secondary N) is 1. The van der Waals surface area contributed by atoms with Gasteiger partial charge in [0.1, 0.15) is 11.5 Å². The first kappa shape index (κ1) is 14.8. The van der Waals surface area contributed by atoms with E-state index >= 15 is 0 Å². The Kier molecular flexibility index (Phi) is 5.39. The van der Waals surface area contributed by atoms with Gasteiger partial charge in [-0.25, -0.2) is 0 Å². The van der Waals surface area contributed by atoms with Gasteiger partial charge in [-0.3, -0.25) is 9.59 Å². The van der Waals surface area contributed by atoms with Gasteiger partial charge in [0, 0.05) is 19.8 Å². The van der Waals surface area contributed by atoms with E-state index < -0.39 is 0 Å². The second-order valence-corrected chi connectivity index (χ2v) is 5.72. The van der Waals surface area contributed by atoms with Crippen LogP contribution in [0, 0.1) is 5.92 Å². The average molecular weight is 277 g/mol.